The Morgan fingerprint density at radius 3 is 0.778 bits per heavy atom. The zero-order valence-corrected chi connectivity index (χ0v) is 18.2. The van der Waals surface area contributed by atoms with E-state index in [0.717, 1.165) is 25.7 Å². The Kier molecular flexibility index (Phi) is 25.2. The van der Waals surface area contributed by atoms with E-state index in [1.807, 2.05) is 0 Å². The lowest BCUT2D eigenvalue weighted by Crippen LogP contribution is -1.83. The lowest BCUT2D eigenvalue weighted by atomic mass is 10.1. The van der Waals surface area contributed by atoms with E-state index >= 15 is 0 Å². The van der Waals surface area contributed by atoms with E-state index in [0.29, 0.717) is 0 Å². The standard InChI is InChI=1S/C25H48F2/c26-24-22-20-18-16-14-12-10-8-6-4-2-1-3-5-7-9-11-13-15-17-19-21-23-25-27/h1-2H,3-25H2. The summed E-state index contributed by atoms with van der Waals surface area (Å²) in [6.07, 6.45) is 30.9. The molecular formula is C25H48F2. The third-order valence-corrected chi connectivity index (χ3v) is 5.43. The molecule has 0 fully saturated rings. The highest BCUT2D eigenvalue weighted by Gasteiger charge is 1.94. The van der Waals surface area contributed by atoms with Crippen LogP contribution in [0.25, 0.3) is 0 Å². The summed E-state index contributed by atoms with van der Waals surface area (Å²) in [5.41, 5.74) is 0. The minimum absolute atomic E-state index is 0.140. The van der Waals surface area contributed by atoms with E-state index in [2.05, 4.69) is 12.2 Å². The number of halogens is 2. The molecule has 27 heavy (non-hydrogen) atoms. The number of rotatable bonds is 23. The van der Waals surface area contributed by atoms with Crippen LogP contribution in [0.5, 0.6) is 0 Å². The number of hydrogen-bond acceptors (Lipinski definition) is 0. The third-order valence-electron chi connectivity index (χ3n) is 5.43. The van der Waals surface area contributed by atoms with Crippen molar-refractivity contribution in [3.05, 3.63) is 12.2 Å². The van der Waals surface area contributed by atoms with Gasteiger partial charge in [0.2, 0.25) is 0 Å². The van der Waals surface area contributed by atoms with Crippen LogP contribution in [0.15, 0.2) is 12.2 Å². The van der Waals surface area contributed by atoms with Crippen LogP contribution < -0.4 is 0 Å². The quantitative estimate of drug-likeness (QED) is 0.121. The molecule has 0 aliphatic rings. The van der Waals surface area contributed by atoms with Gasteiger partial charge in [-0.1, -0.05) is 108 Å². The molecule has 0 aromatic carbocycles. The Hall–Kier alpha value is -0.400. The van der Waals surface area contributed by atoms with Crippen molar-refractivity contribution in [2.45, 2.75) is 135 Å². The van der Waals surface area contributed by atoms with Gasteiger partial charge in [0, 0.05) is 0 Å². The van der Waals surface area contributed by atoms with Crippen molar-refractivity contribution in [2.75, 3.05) is 13.3 Å². The van der Waals surface area contributed by atoms with Crippen molar-refractivity contribution in [2.24, 2.45) is 0 Å². The molecule has 0 saturated carbocycles. The second-order valence-corrected chi connectivity index (χ2v) is 8.14. The minimum Gasteiger partial charge on any atom is -0.251 e. The van der Waals surface area contributed by atoms with E-state index < -0.39 is 0 Å². The Morgan fingerprint density at radius 2 is 0.519 bits per heavy atom. The fourth-order valence-corrected chi connectivity index (χ4v) is 3.60. The molecule has 0 unspecified atom stereocenters. The van der Waals surface area contributed by atoms with Crippen LogP contribution in [0.2, 0.25) is 0 Å². The van der Waals surface area contributed by atoms with Crippen molar-refractivity contribution < 1.29 is 8.78 Å². The molecule has 0 N–H and O–H groups in total. The lowest BCUT2D eigenvalue weighted by Gasteiger charge is -2.02. The number of allylic oxidation sites excluding steroid dienone is 2. The fourth-order valence-electron chi connectivity index (χ4n) is 3.60. The summed E-state index contributed by atoms with van der Waals surface area (Å²) in [6.45, 7) is -0.281. The van der Waals surface area contributed by atoms with Crippen LogP contribution >= 0.6 is 0 Å². The highest BCUT2D eigenvalue weighted by molar-refractivity contribution is 4.81. The lowest BCUT2D eigenvalue weighted by molar-refractivity contribution is 0.449. The van der Waals surface area contributed by atoms with Crippen LogP contribution in [0, 0.1) is 0 Å². The van der Waals surface area contributed by atoms with Gasteiger partial charge in [-0.25, -0.2) is 0 Å². The Labute approximate surface area is 169 Å². The topological polar surface area (TPSA) is 0 Å². The summed E-state index contributed by atoms with van der Waals surface area (Å²) in [5.74, 6) is 0. The molecule has 0 aromatic heterocycles. The first kappa shape index (κ1) is 26.6. The van der Waals surface area contributed by atoms with E-state index in [1.165, 1.54) is 109 Å². The Balaban J connectivity index is 3.05. The number of hydrogen-bond donors (Lipinski definition) is 0. The van der Waals surface area contributed by atoms with Gasteiger partial charge in [-0.3, -0.25) is 8.78 Å². The van der Waals surface area contributed by atoms with E-state index in [9.17, 15) is 8.78 Å². The predicted molar refractivity (Wildman–Crippen MR) is 118 cm³/mol. The van der Waals surface area contributed by atoms with Crippen molar-refractivity contribution in [3.63, 3.8) is 0 Å². The van der Waals surface area contributed by atoms with E-state index in [4.69, 9.17) is 0 Å². The maximum absolute atomic E-state index is 11.9. The fraction of sp³-hybridized carbons (Fsp3) is 0.920. The number of unbranched alkanes of at least 4 members (excludes halogenated alkanes) is 19. The summed E-state index contributed by atoms with van der Waals surface area (Å²) in [7, 11) is 0. The molecule has 0 bridgehead atoms. The molecule has 0 heterocycles. The van der Waals surface area contributed by atoms with Gasteiger partial charge in [0.05, 0.1) is 13.3 Å². The van der Waals surface area contributed by atoms with Gasteiger partial charge in [0.1, 0.15) is 0 Å². The van der Waals surface area contributed by atoms with Crippen LogP contribution in [0.1, 0.15) is 135 Å². The normalized spacial score (nSPS) is 11.6. The van der Waals surface area contributed by atoms with E-state index in [1.54, 1.807) is 0 Å². The molecule has 0 rings (SSSR count). The summed E-state index contributed by atoms with van der Waals surface area (Å²) in [6, 6.07) is 0. The zero-order valence-electron chi connectivity index (χ0n) is 18.2. The van der Waals surface area contributed by atoms with Crippen molar-refractivity contribution >= 4 is 0 Å². The Morgan fingerprint density at radius 1 is 0.296 bits per heavy atom. The molecule has 0 amide bonds. The van der Waals surface area contributed by atoms with Gasteiger partial charge in [-0.2, -0.15) is 0 Å². The first-order valence-electron chi connectivity index (χ1n) is 12.2. The Bertz CT molecular complexity index is 275. The van der Waals surface area contributed by atoms with Crippen LogP contribution in [0.3, 0.4) is 0 Å². The monoisotopic (exact) mass is 386 g/mol. The molecular weight excluding hydrogens is 338 g/mol. The second-order valence-electron chi connectivity index (χ2n) is 8.14. The van der Waals surface area contributed by atoms with Crippen LogP contribution in [-0.4, -0.2) is 13.3 Å². The zero-order chi connectivity index (χ0) is 19.7. The smallest absolute Gasteiger partial charge is 0.0894 e. The predicted octanol–water partition coefficient (Wildman–Crippen LogP) is 9.67. The maximum atomic E-state index is 11.9. The van der Waals surface area contributed by atoms with Crippen molar-refractivity contribution in [1.29, 1.82) is 0 Å². The second kappa shape index (κ2) is 25.6. The summed E-state index contributed by atoms with van der Waals surface area (Å²) in [4.78, 5) is 0. The van der Waals surface area contributed by atoms with Crippen molar-refractivity contribution in [3.8, 4) is 0 Å². The largest absolute Gasteiger partial charge is 0.251 e. The average Bonchev–Trinajstić information content (AvgIpc) is 2.68. The molecule has 0 saturated heterocycles. The molecule has 0 atom stereocenters. The maximum Gasteiger partial charge on any atom is 0.0894 e. The van der Waals surface area contributed by atoms with Gasteiger partial charge < -0.3 is 0 Å². The molecule has 0 aliphatic carbocycles. The highest BCUT2D eigenvalue weighted by atomic mass is 19.1. The SMILES string of the molecule is FCCCCCCCCCCCC=CCCCCCCCCCCCCF. The van der Waals surface area contributed by atoms with Gasteiger partial charge in [0.15, 0.2) is 0 Å². The average molecular weight is 387 g/mol. The molecule has 0 nitrogen and oxygen atoms in total. The highest BCUT2D eigenvalue weighted by Crippen LogP contribution is 2.13. The van der Waals surface area contributed by atoms with Gasteiger partial charge in [-0.15, -0.1) is 0 Å². The van der Waals surface area contributed by atoms with Crippen molar-refractivity contribution in [1.82, 2.24) is 0 Å². The van der Waals surface area contributed by atoms with Gasteiger partial charge >= 0.3 is 0 Å². The van der Waals surface area contributed by atoms with Crippen LogP contribution in [0.4, 0.5) is 8.78 Å². The van der Waals surface area contributed by atoms with Crippen LogP contribution in [-0.2, 0) is 0 Å². The third kappa shape index (κ3) is 25.6. The minimum atomic E-state index is -0.141. The first-order chi connectivity index (χ1) is 13.4. The molecule has 0 spiro atoms. The molecule has 162 valence electrons. The molecule has 0 aliphatic heterocycles. The van der Waals surface area contributed by atoms with E-state index in [-0.39, 0.29) is 13.3 Å². The molecule has 2 heteroatoms. The number of alkyl halides is 2. The summed E-state index contributed by atoms with van der Waals surface area (Å²) >= 11 is 0. The molecule has 0 aromatic rings. The van der Waals surface area contributed by atoms with Gasteiger partial charge in [-0.05, 0) is 38.5 Å². The first-order valence-corrected chi connectivity index (χ1v) is 12.2. The van der Waals surface area contributed by atoms with Gasteiger partial charge in [0.25, 0.3) is 0 Å². The summed E-state index contributed by atoms with van der Waals surface area (Å²) in [5, 5.41) is 0. The summed E-state index contributed by atoms with van der Waals surface area (Å²) < 4.78 is 23.9. The molecule has 0 radical (unpaired) electrons.